The van der Waals surface area contributed by atoms with Crippen LogP contribution in [-0.2, 0) is 16.1 Å². The van der Waals surface area contributed by atoms with Gasteiger partial charge in [-0.3, -0.25) is 4.79 Å². The second-order valence-corrected chi connectivity index (χ2v) is 6.49. The van der Waals surface area contributed by atoms with Gasteiger partial charge in [-0.1, -0.05) is 60.3 Å². The number of nitrogens with zero attached hydrogens (tertiary/aromatic N) is 3. The molecule has 3 aromatic rings. The summed E-state index contributed by atoms with van der Waals surface area (Å²) in [6.07, 6.45) is 1.64. The lowest BCUT2D eigenvalue weighted by atomic mass is 10.0. The molecule has 0 spiro atoms. The molecule has 0 fully saturated rings. The van der Waals surface area contributed by atoms with Crippen molar-refractivity contribution < 1.29 is 9.53 Å². The molecular weight excluding hydrogens is 348 g/mol. The van der Waals surface area contributed by atoms with Crippen LogP contribution in [0.5, 0.6) is 0 Å². The average Bonchev–Trinajstić information content (AvgIpc) is 3.13. The van der Waals surface area contributed by atoms with Crippen molar-refractivity contribution in [2.45, 2.75) is 11.7 Å². The standard InChI is InChI=1S/C19H20N4O2S/c1-25-12-11-23-14-20-22-19(23)26-13-18(24)21-17-10-6-5-9-16(17)15-7-3-2-4-8-15/h2-10,14H,11-13H2,1H3,(H,21,24). The van der Waals surface area contributed by atoms with Gasteiger partial charge >= 0.3 is 0 Å². The highest BCUT2D eigenvalue weighted by Crippen LogP contribution is 2.27. The molecule has 0 bridgehead atoms. The summed E-state index contributed by atoms with van der Waals surface area (Å²) in [5, 5.41) is 11.6. The number of methoxy groups -OCH3 is 1. The summed E-state index contributed by atoms with van der Waals surface area (Å²) in [4.78, 5) is 12.4. The van der Waals surface area contributed by atoms with Gasteiger partial charge < -0.3 is 14.6 Å². The first-order valence-electron chi connectivity index (χ1n) is 8.22. The Morgan fingerprint density at radius 2 is 1.92 bits per heavy atom. The van der Waals surface area contributed by atoms with Gasteiger partial charge in [-0.15, -0.1) is 10.2 Å². The Morgan fingerprint density at radius 1 is 1.15 bits per heavy atom. The number of carbonyl (C=O) groups excluding carboxylic acids is 1. The fourth-order valence-electron chi connectivity index (χ4n) is 2.48. The zero-order valence-electron chi connectivity index (χ0n) is 14.5. The quantitative estimate of drug-likeness (QED) is 0.618. The molecule has 1 aromatic heterocycles. The number of nitrogens with one attached hydrogen (secondary N) is 1. The number of rotatable bonds is 8. The predicted octanol–water partition coefficient (Wildman–Crippen LogP) is 3.32. The number of hydrogen-bond acceptors (Lipinski definition) is 5. The minimum Gasteiger partial charge on any atom is -0.383 e. The third kappa shape index (κ3) is 4.71. The molecule has 0 aliphatic heterocycles. The fourth-order valence-corrected chi connectivity index (χ4v) is 3.22. The number of ether oxygens (including phenoxy) is 1. The summed E-state index contributed by atoms with van der Waals surface area (Å²) in [6, 6.07) is 17.8. The van der Waals surface area contributed by atoms with E-state index in [2.05, 4.69) is 15.5 Å². The molecule has 3 rings (SSSR count). The largest absolute Gasteiger partial charge is 0.383 e. The van der Waals surface area contributed by atoms with E-state index < -0.39 is 0 Å². The van der Waals surface area contributed by atoms with Crippen LogP contribution in [0.25, 0.3) is 11.1 Å². The zero-order chi connectivity index (χ0) is 18.2. The number of carbonyl (C=O) groups is 1. The van der Waals surface area contributed by atoms with Crippen LogP contribution < -0.4 is 5.32 Å². The van der Waals surface area contributed by atoms with Crippen molar-refractivity contribution in [3.63, 3.8) is 0 Å². The lowest BCUT2D eigenvalue weighted by Crippen LogP contribution is -2.15. The third-order valence-corrected chi connectivity index (χ3v) is 4.72. The zero-order valence-corrected chi connectivity index (χ0v) is 15.3. The molecule has 0 saturated carbocycles. The summed E-state index contributed by atoms with van der Waals surface area (Å²) in [7, 11) is 1.65. The number of anilines is 1. The van der Waals surface area contributed by atoms with E-state index in [1.54, 1.807) is 13.4 Å². The Balaban J connectivity index is 1.64. The van der Waals surface area contributed by atoms with E-state index in [-0.39, 0.29) is 11.7 Å². The summed E-state index contributed by atoms with van der Waals surface area (Å²) in [6.45, 7) is 1.23. The van der Waals surface area contributed by atoms with Crippen LogP contribution in [0.1, 0.15) is 0 Å². The lowest BCUT2D eigenvalue weighted by molar-refractivity contribution is -0.113. The van der Waals surface area contributed by atoms with Crippen LogP contribution in [0.2, 0.25) is 0 Å². The first-order valence-corrected chi connectivity index (χ1v) is 9.20. The molecule has 26 heavy (non-hydrogen) atoms. The van der Waals surface area contributed by atoms with E-state index in [4.69, 9.17) is 4.74 Å². The number of benzene rings is 2. The molecule has 0 unspecified atom stereocenters. The first kappa shape index (κ1) is 18.2. The van der Waals surface area contributed by atoms with Gasteiger partial charge in [-0.05, 0) is 11.6 Å². The van der Waals surface area contributed by atoms with Gasteiger partial charge in [0.05, 0.1) is 12.4 Å². The number of amides is 1. The van der Waals surface area contributed by atoms with Crippen molar-refractivity contribution in [1.82, 2.24) is 14.8 Å². The smallest absolute Gasteiger partial charge is 0.234 e. The molecule has 1 heterocycles. The van der Waals surface area contributed by atoms with Crippen molar-refractivity contribution in [2.75, 3.05) is 24.8 Å². The molecule has 0 aliphatic rings. The van der Waals surface area contributed by atoms with Crippen LogP contribution in [0.15, 0.2) is 66.1 Å². The average molecular weight is 368 g/mol. The summed E-state index contributed by atoms with van der Waals surface area (Å²) in [5.41, 5.74) is 2.86. The van der Waals surface area contributed by atoms with Gasteiger partial charge in [0, 0.05) is 24.9 Å². The van der Waals surface area contributed by atoms with Crippen molar-refractivity contribution in [3.05, 3.63) is 60.9 Å². The highest BCUT2D eigenvalue weighted by Gasteiger charge is 2.11. The van der Waals surface area contributed by atoms with Gasteiger partial charge in [0.1, 0.15) is 6.33 Å². The Kier molecular flexibility index (Phi) is 6.40. The van der Waals surface area contributed by atoms with E-state index in [1.165, 1.54) is 11.8 Å². The molecule has 0 saturated heterocycles. The van der Waals surface area contributed by atoms with Crippen LogP contribution in [-0.4, -0.2) is 40.1 Å². The van der Waals surface area contributed by atoms with Crippen LogP contribution >= 0.6 is 11.8 Å². The number of para-hydroxylation sites is 1. The molecule has 0 radical (unpaired) electrons. The topological polar surface area (TPSA) is 69.0 Å². The van der Waals surface area contributed by atoms with Gasteiger partial charge in [-0.25, -0.2) is 0 Å². The number of aromatic nitrogens is 3. The van der Waals surface area contributed by atoms with Crippen LogP contribution in [0, 0.1) is 0 Å². The van der Waals surface area contributed by atoms with E-state index in [9.17, 15) is 4.79 Å². The second-order valence-electron chi connectivity index (χ2n) is 5.55. The SMILES string of the molecule is COCCn1cnnc1SCC(=O)Nc1ccccc1-c1ccccc1. The van der Waals surface area contributed by atoms with Crippen molar-refractivity contribution >= 4 is 23.4 Å². The maximum atomic E-state index is 12.4. The second kappa shape index (κ2) is 9.17. The summed E-state index contributed by atoms with van der Waals surface area (Å²) < 4.78 is 6.94. The summed E-state index contributed by atoms with van der Waals surface area (Å²) in [5.74, 6) is 0.175. The van der Waals surface area contributed by atoms with E-state index in [0.29, 0.717) is 18.3 Å². The van der Waals surface area contributed by atoms with Gasteiger partial charge in [0.25, 0.3) is 0 Å². The highest BCUT2D eigenvalue weighted by molar-refractivity contribution is 7.99. The minimum absolute atomic E-state index is 0.0836. The fraction of sp³-hybridized carbons (Fsp3) is 0.211. The molecule has 6 nitrogen and oxygen atoms in total. The Morgan fingerprint density at radius 3 is 2.73 bits per heavy atom. The highest BCUT2D eigenvalue weighted by atomic mass is 32.2. The molecule has 134 valence electrons. The molecule has 7 heteroatoms. The Bertz CT molecular complexity index is 852. The Hall–Kier alpha value is -2.64. The van der Waals surface area contributed by atoms with E-state index >= 15 is 0 Å². The van der Waals surface area contributed by atoms with Gasteiger partial charge in [0.15, 0.2) is 5.16 Å². The third-order valence-electron chi connectivity index (χ3n) is 3.73. The molecule has 0 atom stereocenters. The van der Waals surface area contributed by atoms with Crippen LogP contribution in [0.4, 0.5) is 5.69 Å². The summed E-state index contributed by atoms with van der Waals surface area (Å²) >= 11 is 1.35. The normalized spacial score (nSPS) is 10.7. The molecule has 0 aliphatic carbocycles. The van der Waals surface area contributed by atoms with E-state index in [0.717, 1.165) is 16.8 Å². The van der Waals surface area contributed by atoms with Gasteiger partial charge in [-0.2, -0.15) is 0 Å². The van der Waals surface area contributed by atoms with Crippen molar-refractivity contribution in [2.24, 2.45) is 0 Å². The monoisotopic (exact) mass is 368 g/mol. The number of thioether (sulfide) groups is 1. The van der Waals surface area contributed by atoms with Crippen molar-refractivity contribution in [1.29, 1.82) is 0 Å². The van der Waals surface area contributed by atoms with Crippen molar-refractivity contribution in [3.8, 4) is 11.1 Å². The van der Waals surface area contributed by atoms with Crippen LogP contribution in [0.3, 0.4) is 0 Å². The molecule has 1 amide bonds. The number of hydrogen-bond donors (Lipinski definition) is 1. The maximum Gasteiger partial charge on any atom is 0.234 e. The predicted molar refractivity (Wildman–Crippen MR) is 103 cm³/mol. The first-order chi connectivity index (χ1) is 12.8. The molecule has 1 N–H and O–H groups in total. The molecular formula is C19H20N4O2S. The Labute approximate surface area is 156 Å². The molecule has 2 aromatic carbocycles. The maximum absolute atomic E-state index is 12.4. The lowest BCUT2D eigenvalue weighted by Gasteiger charge is -2.11. The van der Waals surface area contributed by atoms with E-state index in [1.807, 2.05) is 59.2 Å². The minimum atomic E-state index is -0.0836. The van der Waals surface area contributed by atoms with Gasteiger partial charge in [0.2, 0.25) is 5.91 Å².